The summed E-state index contributed by atoms with van der Waals surface area (Å²) in [5, 5.41) is 9.99. The van der Waals surface area contributed by atoms with Gasteiger partial charge in [-0.15, -0.1) is 0 Å². The topological polar surface area (TPSA) is 37.3 Å². The number of hydrogen-bond donors (Lipinski definition) is 1. The van der Waals surface area contributed by atoms with Crippen molar-refractivity contribution in [3.05, 3.63) is 11.6 Å². The van der Waals surface area contributed by atoms with Crippen LogP contribution in [-0.4, -0.2) is 22.9 Å². The summed E-state index contributed by atoms with van der Waals surface area (Å²) in [5.41, 5.74) is -2.12. The fraction of sp³-hybridized carbons (Fsp3) is 0.824. The second-order valence-electron chi connectivity index (χ2n) is 7.99. The number of carbonyl (C=O) groups excluding carboxylic acids is 1. The Morgan fingerprint density at radius 1 is 1.05 bits per heavy atom. The van der Waals surface area contributed by atoms with Crippen LogP contribution in [-0.2, 0) is 4.79 Å². The highest BCUT2D eigenvalue weighted by molar-refractivity contribution is 5.96. The number of alkyl halides is 2. The van der Waals surface area contributed by atoms with E-state index in [1.165, 1.54) is 19.3 Å². The first-order valence-corrected chi connectivity index (χ1v) is 8.17. The van der Waals surface area contributed by atoms with Crippen LogP contribution in [0.15, 0.2) is 11.6 Å². The molecule has 0 aromatic carbocycles. The minimum Gasteiger partial charge on any atom is -0.385 e. The average Bonchev–Trinajstić information content (AvgIpc) is 3.12. The van der Waals surface area contributed by atoms with Crippen molar-refractivity contribution in [2.45, 2.75) is 63.4 Å². The Kier molecular flexibility index (Phi) is 2.89. The second-order valence-corrected chi connectivity index (χ2v) is 7.99. The fourth-order valence-electron chi connectivity index (χ4n) is 5.51. The summed E-state index contributed by atoms with van der Waals surface area (Å²) >= 11 is 0. The standard InChI is InChI=1S/C17H22F2O2/c18-15(19)13(17(21)1-2-17)6-14(20)16-7-10-3-11(8-16)5-12(4-10)9-16/h6,10-12,15,21H,1-5,7-9H2/b13-6-. The Hall–Kier alpha value is -0.770. The van der Waals surface area contributed by atoms with E-state index in [9.17, 15) is 18.7 Å². The summed E-state index contributed by atoms with van der Waals surface area (Å²) in [7, 11) is 0. The highest BCUT2D eigenvalue weighted by Crippen LogP contribution is 2.60. The van der Waals surface area contributed by atoms with Gasteiger partial charge in [0.25, 0.3) is 6.43 Å². The van der Waals surface area contributed by atoms with E-state index in [1.54, 1.807) is 0 Å². The van der Waals surface area contributed by atoms with Gasteiger partial charge in [-0.1, -0.05) is 0 Å². The molecule has 0 spiro atoms. The summed E-state index contributed by atoms with van der Waals surface area (Å²) in [5.74, 6) is 1.73. The van der Waals surface area contributed by atoms with Crippen molar-refractivity contribution in [2.24, 2.45) is 23.2 Å². The molecule has 116 valence electrons. The van der Waals surface area contributed by atoms with Crippen molar-refractivity contribution < 1.29 is 18.7 Å². The van der Waals surface area contributed by atoms with Gasteiger partial charge in [0.15, 0.2) is 5.78 Å². The quantitative estimate of drug-likeness (QED) is 0.806. The summed E-state index contributed by atoms with van der Waals surface area (Å²) < 4.78 is 26.4. The van der Waals surface area contributed by atoms with E-state index in [0.717, 1.165) is 25.3 Å². The average molecular weight is 296 g/mol. The SMILES string of the molecule is O=C(/C=C(/C(F)F)C1(O)CC1)C12CC3CC(CC(C3)C1)C2. The van der Waals surface area contributed by atoms with Crippen LogP contribution in [0.1, 0.15) is 51.4 Å². The summed E-state index contributed by atoms with van der Waals surface area (Å²) in [4.78, 5) is 12.8. The van der Waals surface area contributed by atoms with Gasteiger partial charge in [0, 0.05) is 11.0 Å². The number of halogens is 2. The first-order valence-electron chi connectivity index (χ1n) is 8.17. The van der Waals surface area contributed by atoms with Crippen molar-refractivity contribution in [1.82, 2.24) is 0 Å². The zero-order valence-corrected chi connectivity index (χ0v) is 12.2. The molecule has 0 saturated heterocycles. The fourth-order valence-corrected chi connectivity index (χ4v) is 5.51. The summed E-state index contributed by atoms with van der Waals surface area (Å²) in [6, 6.07) is 0. The van der Waals surface area contributed by atoms with E-state index in [4.69, 9.17) is 0 Å². The number of allylic oxidation sites excluding steroid dienone is 1. The molecule has 5 fully saturated rings. The molecule has 5 saturated carbocycles. The third kappa shape index (κ3) is 2.18. The van der Waals surface area contributed by atoms with Crippen LogP contribution in [0.2, 0.25) is 0 Å². The maximum absolute atomic E-state index is 13.2. The lowest BCUT2D eigenvalue weighted by Crippen LogP contribution is -2.49. The Labute approximate surface area is 123 Å². The molecule has 0 aromatic rings. The van der Waals surface area contributed by atoms with Crippen molar-refractivity contribution >= 4 is 5.78 Å². The van der Waals surface area contributed by atoms with Crippen molar-refractivity contribution in [3.63, 3.8) is 0 Å². The van der Waals surface area contributed by atoms with Gasteiger partial charge in [-0.3, -0.25) is 4.79 Å². The van der Waals surface area contributed by atoms with Gasteiger partial charge in [0.05, 0.1) is 5.60 Å². The van der Waals surface area contributed by atoms with Crippen LogP contribution in [0, 0.1) is 23.2 Å². The van der Waals surface area contributed by atoms with Gasteiger partial charge < -0.3 is 5.11 Å². The van der Waals surface area contributed by atoms with Crippen LogP contribution in [0.5, 0.6) is 0 Å². The molecule has 5 aliphatic rings. The molecular formula is C17H22F2O2. The molecule has 5 aliphatic carbocycles. The van der Waals surface area contributed by atoms with Gasteiger partial charge in [-0.05, 0) is 75.2 Å². The van der Waals surface area contributed by atoms with E-state index in [2.05, 4.69) is 0 Å². The van der Waals surface area contributed by atoms with Crippen molar-refractivity contribution in [2.75, 3.05) is 0 Å². The molecule has 0 unspecified atom stereocenters. The van der Waals surface area contributed by atoms with Gasteiger partial charge in [0.1, 0.15) is 0 Å². The molecule has 0 aliphatic heterocycles. The van der Waals surface area contributed by atoms with Crippen LogP contribution in [0.4, 0.5) is 8.78 Å². The monoisotopic (exact) mass is 296 g/mol. The minimum atomic E-state index is -2.73. The van der Waals surface area contributed by atoms with Gasteiger partial charge in [-0.25, -0.2) is 8.78 Å². The minimum absolute atomic E-state index is 0.128. The molecule has 0 radical (unpaired) electrons. The molecule has 21 heavy (non-hydrogen) atoms. The van der Waals surface area contributed by atoms with Crippen LogP contribution in [0.3, 0.4) is 0 Å². The number of rotatable bonds is 4. The molecule has 0 aromatic heterocycles. The molecule has 0 heterocycles. The zero-order chi connectivity index (χ0) is 14.8. The summed E-state index contributed by atoms with van der Waals surface area (Å²) in [6.07, 6.45) is 5.43. The molecule has 4 heteroatoms. The number of hydrogen-bond acceptors (Lipinski definition) is 2. The largest absolute Gasteiger partial charge is 0.385 e. The lowest BCUT2D eigenvalue weighted by atomic mass is 9.48. The summed E-state index contributed by atoms with van der Waals surface area (Å²) in [6.45, 7) is 0. The maximum Gasteiger partial charge on any atom is 0.263 e. The predicted octanol–water partition coefficient (Wildman–Crippen LogP) is 3.49. The van der Waals surface area contributed by atoms with E-state index in [1.807, 2.05) is 0 Å². The smallest absolute Gasteiger partial charge is 0.263 e. The Balaban J connectivity index is 1.62. The van der Waals surface area contributed by atoms with Gasteiger partial charge in [-0.2, -0.15) is 0 Å². The predicted molar refractivity (Wildman–Crippen MR) is 73.9 cm³/mol. The molecule has 2 nitrogen and oxygen atoms in total. The molecule has 4 bridgehead atoms. The van der Waals surface area contributed by atoms with E-state index in [0.29, 0.717) is 30.6 Å². The molecule has 0 atom stereocenters. The Morgan fingerprint density at radius 3 is 1.90 bits per heavy atom. The Bertz CT molecular complexity index is 470. The second kappa shape index (κ2) is 4.37. The number of aliphatic hydroxyl groups is 1. The van der Waals surface area contributed by atoms with Crippen LogP contribution < -0.4 is 0 Å². The third-order valence-corrected chi connectivity index (χ3v) is 6.34. The van der Waals surface area contributed by atoms with E-state index >= 15 is 0 Å². The maximum atomic E-state index is 13.2. The van der Waals surface area contributed by atoms with E-state index in [-0.39, 0.29) is 16.8 Å². The molecule has 0 amide bonds. The normalized spacial score (nSPS) is 43.4. The van der Waals surface area contributed by atoms with Gasteiger partial charge in [0.2, 0.25) is 0 Å². The van der Waals surface area contributed by atoms with Crippen molar-refractivity contribution in [1.29, 1.82) is 0 Å². The van der Waals surface area contributed by atoms with Crippen LogP contribution >= 0.6 is 0 Å². The first-order chi connectivity index (χ1) is 9.90. The highest BCUT2D eigenvalue weighted by atomic mass is 19.3. The van der Waals surface area contributed by atoms with Crippen molar-refractivity contribution in [3.8, 4) is 0 Å². The van der Waals surface area contributed by atoms with Crippen LogP contribution in [0.25, 0.3) is 0 Å². The lowest BCUT2D eigenvalue weighted by molar-refractivity contribution is -0.138. The molecular weight excluding hydrogens is 274 g/mol. The lowest BCUT2D eigenvalue weighted by Gasteiger charge is -2.55. The highest BCUT2D eigenvalue weighted by Gasteiger charge is 2.55. The van der Waals surface area contributed by atoms with Gasteiger partial charge >= 0.3 is 0 Å². The number of ketones is 1. The Morgan fingerprint density at radius 2 is 1.52 bits per heavy atom. The third-order valence-electron chi connectivity index (χ3n) is 6.34. The molecule has 1 N–H and O–H groups in total. The van der Waals surface area contributed by atoms with E-state index < -0.39 is 12.0 Å². The first kappa shape index (κ1) is 13.9. The molecule has 5 rings (SSSR count). The zero-order valence-electron chi connectivity index (χ0n) is 12.2. The number of carbonyl (C=O) groups is 1.